The largest absolute Gasteiger partial charge is 0.490 e. The van der Waals surface area contributed by atoms with Crippen molar-refractivity contribution in [2.75, 3.05) is 7.05 Å². The Bertz CT molecular complexity index is 1250. The Morgan fingerprint density at radius 3 is 2.82 bits per heavy atom. The van der Waals surface area contributed by atoms with E-state index in [0.717, 1.165) is 35.1 Å². The van der Waals surface area contributed by atoms with Gasteiger partial charge in [-0.05, 0) is 59.9 Å². The fraction of sp³-hybridized carbons (Fsp3) is 0.269. The second kappa shape index (κ2) is 8.73. The maximum Gasteiger partial charge on any atom is 0.254 e. The highest BCUT2D eigenvalue weighted by atomic mass is 19.1. The van der Waals surface area contributed by atoms with Gasteiger partial charge in [-0.3, -0.25) is 14.8 Å². The Kier molecular flexibility index (Phi) is 5.62. The van der Waals surface area contributed by atoms with Crippen molar-refractivity contribution in [2.45, 2.75) is 38.7 Å². The minimum atomic E-state index is -0.648. The van der Waals surface area contributed by atoms with Crippen LogP contribution in [0.2, 0.25) is 0 Å². The molecule has 0 bridgehead atoms. The fourth-order valence-electron chi connectivity index (χ4n) is 4.02. The number of rotatable bonds is 7. The van der Waals surface area contributed by atoms with E-state index in [1.54, 1.807) is 48.6 Å². The van der Waals surface area contributed by atoms with E-state index in [2.05, 4.69) is 9.98 Å². The minimum absolute atomic E-state index is 0.128. The predicted octanol–water partition coefficient (Wildman–Crippen LogP) is 5.10. The summed E-state index contributed by atoms with van der Waals surface area (Å²) >= 11 is 0. The summed E-state index contributed by atoms with van der Waals surface area (Å²) in [5.74, 6) is 0.0722. The van der Waals surface area contributed by atoms with Crippen molar-refractivity contribution >= 4 is 12.1 Å². The van der Waals surface area contributed by atoms with Gasteiger partial charge in [0.2, 0.25) is 0 Å². The van der Waals surface area contributed by atoms with Crippen molar-refractivity contribution in [1.29, 1.82) is 0 Å². The number of pyridine rings is 1. The second-order valence-electron chi connectivity index (χ2n) is 8.43. The maximum atomic E-state index is 13.8. The quantitative estimate of drug-likeness (QED) is 0.506. The molecule has 0 N–H and O–H groups in total. The molecule has 168 valence electrons. The normalized spacial score (nSPS) is 14.3. The number of aliphatic imine (C=N–C) groups is 1. The molecule has 3 aromatic rings. The van der Waals surface area contributed by atoms with Crippen LogP contribution in [-0.4, -0.2) is 35.2 Å². The van der Waals surface area contributed by atoms with Crippen molar-refractivity contribution in [1.82, 2.24) is 9.88 Å². The Hall–Kier alpha value is -3.61. The predicted molar refractivity (Wildman–Crippen MR) is 122 cm³/mol. The summed E-state index contributed by atoms with van der Waals surface area (Å²) in [4.78, 5) is 23.3. The molecule has 0 unspecified atom stereocenters. The van der Waals surface area contributed by atoms with E-state index >= 15 is 0 Å². The van der Waals surface area contributed by atoms with Gasteiger partial charge in [0.1, 0.15) is 18.2 Å². The Morgan fingerprint density at radius 1 is 1.21 bits per heavy atom. The first-order chi connectivity index (χ1) is 16.0. The lowest BCUT2D eigenvalue weighted by atomic mass is 10.0. The van der Waals surface area contributed by atoms with Crippen LogP contribution in [0.25, 0.3) is 11.1 Å². The van der Waals surface area contributed by atoms with Crippen LogP contribution in [0, 0.1) is 5.82 Å². The number of hydrogen-bond donors (Lipinski definition) is 0. The molecule has 1 aliphatic carbocycles. The average molecular weight is 447 g/mol. The summed E-state index contributed by atoms with van der Waals surface area (Å²) < 4.78 is 33.1. The Balaban J connectivity index is 1.41. The van der Waals surface area contributed by atoms with Crippen LogP contribution in [0.3, 0.4) is 0 Å². The first-order valence-electron chi connectivity index (χ1n) is 10.9. The third-order valence-electron chi connectivity index (χ3n) is 5.93. The number of ether oxygens (including phenoxy) is 1. The molecule has 5 rings (SSSR count). The lowest BCUT2D eigenvalue weighted by Crippen LogP contribution is -2.27. The standard InChI is InChI=1S/C26H23F2N3O2/c1-31(15-18-12-30-24(11-27)23-14-29-13-22(18)23)26(32)17-5-8-21(16-3-2-4-19(28)9-16)25(10-17)33-20-6-7-20/h2-5,8-10,12,14,20H,6-7,11,13,15H2,1H3. The zero-order valence-corrected chi connectivity index (χ0v) is 18.2. The second-order valence-corrected chi connectivity index (χ2v) is 8.43. The monoisotopic (exact) mass is 447 g/mol. The van der Waals surface area contributed by atoms with Gasteiger partial charge >= 0.3 is 0 Å². The summed E-state index contributed by atoms with van der Waals surface area (Å²) in [5.41, 5.74) is 4.79. The van der Waals surface area contributed by atoms with Crippen molar-refractivity contribution in [3.05, 3.63) is 82.4 Å². The van der Waals surface area contributed by atoms with Gasteiger partial charge in [0, 0.05) is 42.7 Å². The lowest BCUT2D eigenvalue weighted by Gasteiger charge is -2.20. The molecule has 0 spiro atoms. The molecule has 2 aromatic carbocycles. The third kappa shape index (κ3) is 4.35. The number of aromatic nitrogens is 1. The van der Waals surface area contributed by atoms with Crippen LogP contribution in [0.15, 0.2) is 53.7 Å². The highest BCUT2D eigenvalue weighted by molar-refractivity contribution is 5.95. The van der Waals surface area contributed by atoms with E-state index in [0.29, 0.717) is 35.7 Å². The first kappa shape index (κ1) is 21.2. The van der Waals surface area contributed by atoms with E-state index in [4.69, 9.17) is 4.74 Å². The minimum Gasteiger partial charge on any atom is -0.490 e. The zero-order valence-electron chi connectivity index (χ0n) is 18.2. The molecule has 1 aromatic heterocycles. The van der Waals surface area contributed by atoms with Crippen LogP contribution >= 0.6 is 0 Å². The van der Waals surface area contributed by atoms with E-state index in [9.17, 15) is 13.6 Å². The van der Waals surface area contributed by atoms with Crippen LogP contribution in [-0.2, 0) is 19.8 Å². The molecule has 33 heavy (non-hydrogen) atoms. The third-order valence-corrected chi connectivity index (χ3v) is 5.93. The molecule has 7 heteroatoms. The molecule has 0 atom stereocenters. The van der Waals surface area contributed by atoms with Gasteiger partial charge < -0.3 is 9.64 Å². The molecule has 1 saturated carbocycles. The Morgan fingerprint density at radius 2 is 2.06 bits per heavy atom. The number of carbonyl (C=O) groups is 1. The molecule has 2 aliphatic rings. The van der Waals surface area contributed by atoms with Gasteiger partial charge in [0.15, 0.2) is 0 Å². The molecule has 1 aliphatic heterocycles. The molecule has 5 nitrogen and oxygen atoms in total. The number of halogens is 2. The fourth-order valence-corrected chi connectivity index (χ4v) is 4.02. The SMILES string of the molecule is CN(Cc1cnc(CF)c2c1CN=C2)C(=O)c1ccc(-c2cccc(F)c2)c(OC2CC2)c1. The van der Waals surface area contributed by atoms with Crippen molar-refractivity contribution in [3.8, 4) is 16.9 Å². The molecule has 2 heterocycles. The Labute approximate surface area is 190 Å². The van der Waals surface area contributed by atoms with E-state index in [1.165, 1.54) is 12.1 Å². The van der Waals surface area contributed by atoms with Crippen LogP contribution < -0.4 is 4.74 Å². The van der Waals surface area contributed by atoms with E-state index < -0.39 is 6.67 Å². The summed E-state index contributed by atoms with van der Waals surface area (Å²) in [5, 5.41) is 0. The number of carbonyl (C=O) groups excluding carboxylic acids is 1. The van der Waals surface area contributed by atoms with Gasteiger partial charge in [-0.15, -0.1) is 0 Å². The molecule has 1 amide bonds. The van der Waals surface area contributed by atoms with Crippen LogP contribution in [0.4, 0.5) is 8.78 Å². The van der Waals surface area contributed by atoms with Crippen molar-refractivity contribution in [3.63, 3.8) is 0 Å². The van der Waals surface area contributed by atoms with Crippen molar-refractivity contribution in [2.24, 2.45) is 4.99 Å². The topological polar surface area (TPSA) is 54.8 Å². The summed E-state index contributed by atoms with van der Waals surface area (Å²) in [6.45, 7) is 0.142. The number of fused-ring (bicyclic) bond motifs is 1. The number of benzene rings is 2. The molecular weight excluding hydrogens is 424 g/mol. The summed E-state index contributed by atoms with van der Waals surface area (Å²) in [6, 6.07) is 11.6. The van der Waals surface area contributed by atoms with Crippen LogP contribution in [0.5, 0.6) is 5.75 Å². The average Bonchev–Trinajstić information content (AvgIpc) is 3.49. The summed E-state index contributed by atoms with van der Waals surface area (Å²) in [7, 11) is 1.72. The number of hydrogen-bond acceptors (Lipinski definition) is 4. The maximum absolute atomic E-state index is 13.8. The molecular formula is C26H23F2N3O2. The van der Waals surface area contributed by atoms with E-state index in [1.807, 2.05) is 6.07 Å². The zero-order chi connectivity index (χ0) is 22.9. The van der Waals surface area contributed by atoms with Crippen LogP contribution in [0.1, 0.15) is 45.6 Å². The summed E-state index contributed by atoms with van der Waals surface area (Å²) in [6.07, 6.45) is 5.34. The molecule has 0 saturated heterocycles. The molecule has 1 fully saturated rings. The van der Waals surface area contributed by atoms with E-state index in [-0.39, 0.29) is 17.8 Å². The van der Waals surface area contributed by atoms with Gasteiger partial charge in [-0.1, -0.05) is 12.1 Å². The van der Waals surface area contributed by atoms with Crippen molar-refractivity contribution < 1.29 is 18.3 Å². The van der Waals surface area contributed by atoms with Gasteiger partial charge in [-0.2, -0.15) is 0 Å². The van der Waals surface area contributed by atoms with Gasteiger partial charge in [0.25, 0.3) is 5.91 Å². The van der Waals surface area contributed by atoms with Gasteiger partial charge in [0.05, 0.1) is 18.3 Å². The lowest BCUT2D eigenvalue weighted by molar-refractivity contribution is 0.0784. The first-order valence-corrected chi connectivity index (χ1v) is 10.9. The highest BCUT2D eigenvalue weighted by Crippen LogP contribution is 2.36. The highest BCUT2D eigenvalue weighted by Gasteiger charge is 2.26. The number of amides is 1. The molecule has 0 radical (unpaired) electrons. The smallest absolute Gasteiger partial charge is 0.254 e. The number of nitrogens with zero attached hydrogens (tertiary/aromatic N) is 3. The number of alkyl halides is 1. The van der Waals surface area contributed by atoms with Gasteiger partial charge in [-0.25, -0.2) is 8.78 Å².